The normalized spacial score (nSPS) is 13.4. The lowest BCUT2D eigenvalue weighted by Crippen LogP contribution is -2.35. The number of rotatable bonds is 5. The molecule has 0 unspecified atom stereocenters. The van der Waals surface area contributed by atoms with Gasteiger partial charge in [-0.2, -0.15) is 0 Å². The van der Waals surface area contributed by atoms with Crippen molar-refractivity contribution >= 4 is 44.6 Å². The SMILES string of the molecule is COc1cccc(C(=O)Nc2cc(S(=O)(=O)N3CCCc4ccccc43)ccc2Cl)c1N. The number of nitrogens with zero attached hydrogens (tertiary/aromatic N) is 1. The number of benzene rings is 3. The Morgan fingerprint density at radius 2 is 1.91 bits per heavy atom. The van der Waals surface area contributed by atoms with Gasteiger partial charge in [0.05, 0.1) is 39.7 Å². The Hall–Kier alpha value is -3.23. The Labute approximate surface area is 191 Å². The van der Waals surface area contributed by atoms with E-state index in [1.54, 1.807) is 24.3 Å². The number of halogens is 1. The van der Waals surface area contributed by atoms with E-state index in [1.165, 1.54) is 29.6 Å². The van der Waals surface area contributed by atoms with Gasteiger partial charge in [-0.15, -0.1) is 0 Å². The minimum absolute atomic E-state index is 0.0347. The number of hydrogen-bond donors (Lipinski definition) is 2. The number of nitrogen functional groups attached to an aromatic ring is 1. The van der Waals surface area contributed by atoms with Crippen molar-refractivity contribution in [3.63, 3.8) is 0 Å². The first kappa shape index (κ1) is 22.0. The lowest BCUT2D eigenvalue weighted by atomic mass is 10.0. The molecular formula is C23H22ClN3O4S. The number of ether oxygens (including phenoxy) is 1. The summed E-state index contributed by atoms with van der Waals surface area (Å²) in [6.07, 6.45) is 1.55. The topological polar surface area (TPSA) is 102 Å². The number of fused-ring (bicyclic) bond motifs is 1. The summed E-state index contributed by atoms with van der Waals surface area (Å²) < 4.78 is 33.4. The van der Waals surface area contributed by atoms with Gasteiger partial charge in [-0.1, -0.05) is 35.9 Å². The number of carbonyl (C=O) groups excluding carboxylic acids is 1. The minimum Gasteiger partial charge on any atom is -0.495 e. The first-order valence-corrected chi connectivity index (χ1v) is 11.8. The van der Waals surface area contributed by atoms with Crippen LogP contribution in [0.2, 0.25) is 5.02 Å². The molecule has 0 bridgehead atoms. The van der Waals surface area contributed by atoms with Crippen LogP contribution in [-0.4, -0.2) is 28.0 Å². The maximum atomic E-state index is 13.4. The van der Waals surface area contributed by atoms with E-state index in [4.69, 9.17) is 22.1 Å². The van der Waals surface area contributed by atoms with Gasteiger partial charge < -0.3 is 15.8 Å². The van der Waals surface area contributed by atoms with E-state index in [0.29, 0.717) is 18.0 Å². The maximum absolute atomic E-state index is 13.4. The van der Waals surface area contributed by atoms with E-state index in [2.05, 4.69) is 5.32 Å². The molecule has 0 radical (unpaired) electrons. The fourth-order valence-corrected chi connectivity index (χ4v) is 5.48. The third-order valence-corrected chi connectivity index (χ3v) is 7.51. The zero-order chi connectivity index (χ0) is 22.9. The summed E-state index contributed by atoms with van der Waals surface area (Å²) >= 11 is 6.26. The van der Waals surface area contributed by atoms with Gasteiger partial charge in [-0.05, 0) is 54.8 Å². The summed E-state index contributed by atoms with van der Waals surface area (Å²) in [6.45, 7) is 0.379. The highest BCUT2D eigenvalue weighted by molar-refractivity contribution is 7.92. The molecule has 0 atom stereocenters. The molecule has 0 aliphatic carbocycles. The van der Waals surface area contributed by atoms with Crippen molar-refractivity contribution in [1.29, 1.82) is 0 Å². The third kappa shape index (κ3) is 3.99. The van der Waals surface area contributed by atoms with Gasteiger partial charge in [-0.25, -0.2) is 8.42 Å². The number of nitrogens with one attached hydrogen (secondary N) is 1. The highest BCUT2D eigenvalue weighted by Crippen LogP contribution is 2.34. The number of nitrogens with two attached hydrogens (primary N) is 1. The van der Waals surface area contributed by atoms with Crippen LogP contribution in [0.5, 0.6) is 5.75 Å². The van der Waals surface area contributed by atoms with Gasteiger partial charge >= 0.3 is 0 Å². The molecular weight excluding hydrogens is 450 g/mol. The highest BCUT2D eigenvalue weighted by atomic mass is 35.5. The van der Waals surface area contributed by atoms with Crippen LogP contribution in [0.4, 0.5) is 17.1 Å². The predicted octanol–water partition coefficient (Wildman–Crippen LogP) is 4.32. The average Bonchev–Trinajstić information content (AvgIpc) is 2.80. The standard InChI is InChI=1S/C23H22ClN3O4S/c1-31-21-10-4-8-17(22(21)25)23(28)26-19-14-16(11-12-18(19)24)32(29,30)27-13-5-7-15-6-2-3-9-20(15)27/h2-4,6,8-12,14H,5,7,13,25H2,1H3,(H,26,28). The minimum atomic E-state index is -3.86. The van der Waals surface area contributed by atoms with Crippen LogP contribution in [-0.2, 0) is 16.4 Å². The monoisotopic (exact) mass is 471 g/mol. The van der Waals surface area contributed by atoms with Crippen LogP contribution in [0.25, 0.3) is 0 Å². The number of anilines is 3. The van der Waals surface area contributed by atoms with Crippen molar-refractivity contribution in [2.24, 2.45) is 0 Å². The molecule has 9 heteroatoms. The summed E-state index contributed by atoms with van der Waals surface area (Å²) in [5, 5.41) is 2.87. The molecule has 3 aromatic carbocycles. The molecule has 0 aromatic heterocycles. The van der Waals surface area contributed by atoms with Crippen molar-refractivity contribution < 1.29 is 17.9 Å². The summed E-state index contributed by atoms with van der Waals surface area (Å²) in [6, 6.07) is 16.5. The van der Waals surface area contributed by atoms with Gasteiger partial charge in [0.1, 0.15) is 5.75 Å². The van der Waals surface area contributed by atoms with Crippen molar-refractivity contribution in [2.75, 3.05) is 29.0 Å². The van der Waals surface area contributed by atoms with Crippen molar-refractivity contribution in [3.05, 3.63) is 76.8 Å². The first-order valence-electron chi connectivity index (χ1n) is 9.97. The number of carbonyl (C=O) groups is 1. The second-order valence-electron chi connectivity index (χ2n) is 7.33. The van der Waals surface area contributed by atoms with Crippen molar-refractivity contribution in [1.82, 2.24) is 0 Å². The fourth-order valence-electron chi connectivity index (χ4n) is 3.75. The Morgan fingerprint density at radius 3 is 2.69 bits per heavy atom. The zero-order valence-electron chi connectivity index (χ0n) is 17.3. The molecule has 0 spiro atoms. The van der Waals surface area contributed by atoms with E-state index in [9.17, 15) is 13.2 Å². The smallest absolute Gasteiger partial charge is 0.264 e. The molecule has 0 saturated carbocycles. The number of aryl methyl sites for hydroxylation is 1. The van der Waals surface area contributed by atoms with E-state index in [1.807, 2.05) is 18.2 Å². The largest absolute Gasteiger partial charge is 0.495 e. The molecule has 1 heterocycles. The molecule has 1 aliphatic heterocycles. The molecule has 3 N–H and O–H groups in total. The quantitative estimate of drug-likeness (QED) is 0.539. The molecule has 166 valence electrons. The summed E-state index contributed by atoms with van der Waals surface area (Å²) in [4.78, 5) is 12.9. The number of para-hydroxylation sites is 2. The van der Waals surface area contributed by atoms with Crippen LogP contribution in [0.15, 0.2) is 65.6 Å². The third-order valence-electron chi connectivity index (χ3n) is 5.37. The van der Waals surface area contributed by atoms with Crippen molar-refractivity contribution in [2.45, 2.75) is 17.7 Å². The maximum Gasteiger partial charge on any atom is 0.264 e. The number of sulfonamides is 1. The average molecular weight is 472 g/mol. The molecule has 0 fully saturated rings. The Bertz CT molecular complexity index is 1290. The molecule has 32 heavy (non-hydrogen) atoms. The van der Waals surface area contributed by atoms with Gasteiger partial charge in [0, 0.05) is 6.54 Å². The number of methoxy groups -OCH3 is 1. The first-order chi connectivity index (χ1) is 15.3. The van der Waals surface area contributed by atoms with Crippen LogP contribution in [0.1, 0.15) is 22.3 Å². The van der Waals surface area contributed by atoms with E-state index in [-0.39, 0.29) is 26.9 Å². The van der Waals surface area contributed by atoms with Crippen LogP contribution < -0.4 is 20.1 Å². The summed E-state index contributed by atoms with van der Waals surface area (Å²) in [5.74, 6) is -0.162. The zero-order valence-corrected chi connectivity index (χ0v) is 18.9. The Balaban J connectivity index is 1.67. The lowest BCUT2D eigenvalue weighted by molar-refractivity contribution is 0.102. The van der Waals surface area contributed by atoms with E-state index < -0.39 is 15.9 Å². The lowest BCUT2D eigenvalue weighted by Gasteiger charge is -2.30. The Morgan fingerprint density at radius 1 is 1.12 bits per heavy atom. The second-order valence-corrected chi connectivity index (χ2v) is 9.60. The van der Waals surface area contributed by atoms with E-state index >= 15 is 0 Å². The van der Waals surface area contributed by atoms with Crippen LogP contribution >= 0.6 is 11.6 Å². The number of hydrogen-bond acceptors (Lipinski definition) is 5. The molecule has 3 aromatic rings. The van der Waals surface area contributed by atoms with Gasteiger partial charge in [0.15, 0.2) is 0 Å². The highest BCUT2D eigenvalue weighted by Gasteiger charge is 2.29. The summed E-state index contributed by atoms with van der Waals surface area (Å²) in [7, 11) is -2.40. The van der Waals surface area contributed by atoms with Gasteiger partial charge in [0.25, 0.3) is 15.9 Å². The van der Waals surface area contributed by atoms with E-state index in [0.717, 1.165) is 18.4 Å². The molecule has 1 aliphatic rings. The van der Waals surface area contributed by atoms with Crippen molar-refractivity contribution in [3.8, 4) is 5.75 Å². The predicted molar refractivity (Wildman–Crippen MR) is 126 cm³/mol. The number of amides is 1. The molecule has 0 saturated heterocycles. The fraction of sp³-hybridized carbons (Fsp3) is 0.174. The molecule has 1 amide bonds. The Kier molecular flexibility index (Phi) is 5.99. The van der Waals surface area contributed by atoms with Gasteiger partial charge in [-0.3, -0.25) is 9.10 Å². The molecule has 7 nitrogen and oxygen atoms in total. The molecule has 4 rings (SSSR count). The van der Waals surface area contributed by atoms with Crippen LogP contribution in [0.3, 0.4) is 0 Å². The van der Waals surface area contributed by atoms with Gasteiger partial charge in [0.2, 0.25) is 0 Å². The van der Waals surface area contributed by atoms with Crippen LogP contribution in [0, 0.1) is 0 Å². The summed E-state index contributed by atoms with van der Waals surface area (Å²) in [5.41, 5.74) is 8.20. The second kappa shape index (κ2) is 8.72.